The highest BCUT2D eigenvalue weighted by atomic mass is 15.0. The molecule has 8 aromatic rings. The number of nitrogens with one attached hydrogen (secondary N) is 1. The Labute approximate surface area is 292 Å². The van der Waals surface area contributed by atoms with Crippen molar-refractivity contribution < 1.29 is 0 Å². The average Bonchev–Trinajstić information content (AvgIpc) is 3.21. The SMILES string of the molecule is C1=C(c2ccc(-c3cnc4ccccc4c3)cc2)N=C(c2ccc(-c3ccc4ccccc4c3)cc2)NC1c1ccc(-c2ccccc2)cc1. The van der Waals surface area contributed by atoms with Gasteiger partial charge in [0.2, 0.25) is 0 Å². The van der Waals surface area contributed by atoms with Crippen LogP contribution in [0.15, 0.2) is 193 Å². The molecular formula is C47H33N3. The summed E-state index contributed by atoms with van der Waals surface area (Å²) >= 11 is 0. The minimum atomic E-state index is -0.0492. The molecule has 9 rings (SSSR count). The molecule has 7 aromatic carbocycles. The Bertz CT molecular complexity index is 2530. The highest BCUT2D eigenvalue weighted by Crippen LogP contribution is 2.32. The average molecular weight is 640 g/mol. The van der Waals surface area contributed by atoms with Gasteiger partial charge >= 0.3 is 0 Å². The predicted molar refractivity (Wildman–Crippen MR) is 209 cm³/mol. The lowest BCUT2D eigenvalue weighted by molar-refractivity contribution is 0.781. The maximum absolute atomic E-state index is 5.20. The van der Waals surface area contributed by atoms with Gasteiger partial charge in [0.25, 0.3) is 0 Å². The van der Waals surface area contributed by atoms with Gasteiger partial charge in [0.1, 0.15) is 5.84 Å². The molecule has 0 fully saturated rings. The molecule has 1 unspecified atom stereocenters. The predicted octanol–water partition coefficient (Wildman–Crippen LogP) is 11.5. The first-order valence-electron chi connectivity index (χ1n) is 17.0. The summed E-state index contributed by atoms with van der Waals surface area (Å²) in [5.74, 6) is 0.854. The Morgan fingerprint density at radius 3 is 1.72 bits per heavy atom. The van der Waals surface area contributed by atoms with Gasteiger partial charge in [-0.15, -0.1) is 0 Å². The summed E-state index contributed by atoms with van der Waals surface area (Å²) in [6, 6.07) is 62.3. The molecule has 0 bridgehead atoms. The molecule has 0 saturated carbocycles. The number of aromatic nitrogens is 1. The van der Waals surface area contributed by atoms with Crippen molar-refractivity contribution in [2.45, 2.75) is 6.04 Å². The Morgan fingerprint density at radius 2 is 0.940 bits per heavy atom. The Kier molecular flexibility index (Phi) is 7.56. The molecule has 50 heavy (non-hydrogen) atoms. The first kappa shape index (κ1) is 29.6. The van der Waals surface area contributed by atoms with Gasteiger partial charge in [-0.2, -0.15) is 0 Å². The van der Waals surface area contributed by atoms with E-state index in [9.17, 15) is 0 Å². The van der Waals surface area contributed by atoms with Gasteiger partial charge < -0.3 is 5.32 Å². The summed E-state index contributed by atoms with van der Waals surface area (Å²) in [7, 11) is 0. The monoisotopic (exact) mass is 639 g/mol. The lowest BCUT2D eigenvalue weighted by Gasteiger charge is -2.25. The lowest BCUT2D eigenvalue weighted by atomic mass is 9.96. The molecule has 3 nitrogen and oxygen atoms in total. The first-order valence-corrected chi connectivity index (χ1v) is 17.0. The zero-order chi connectivity index (χ0) is 33.3. The number of para-hydroxylation sites is 1. The van der Waals surface area contributed by atoms with Crippen LogP contribution >= 0.6 is 0 Å². The maximum Gasteiger partial charge on any atom is 0.134 e. The fourth-order valence-corrected chi connectivity index (χ4v) is 6.79. The summed E-state index contributed by atoms with van der Waals surface area (Å²) in [4.78, 5) is 9.88. The number of benzene rings is 7. The van der Waals surface area contributed by atoms with E-state index < -0.39 is 0 Å². The van der Waals surface area contributed by atoms with Crippen LogP contribution in [0.2, 0.25) is 0 Å². The van der Waals surface area contributed by atoms with Gasteiger partial charge in [0, 0.05) is 22.7 Å². The molecule has 0 radical (unpaired) electrons. The van der Waals surface area contributed by atoms with E-state index in [1.807, 2.05) is 18.3 Å². The van der Waals surface area contributed by atoms with Crippen LogP contribution in [0.1, 0.15) is 22.7 Å². The van der Waals surface area contributed by atoms with Crippen molar-refractivity contribution in [1.29, 1.82) is 0 Å². The first-order chi connectivity index (χ1) is 24.7. The van der Waals surface area contributed by atoms with Crippen LogP contribution in [0.4, 0.5) is 0 Å². The van der Waals surface area contributed by atoms with Gasteiger partial charge in [-0.3, -0.25) is 4.98 Å². The molecule has 0 saturated heterocycles. The molecule has 0 amide bonds. The zero-order valence-electron chi connectivity index (χ0n) is 27.4. The Hall–Kier alpha value is -6.58. The fourth-order valence-electron chi connectivity index (χ4n) is 6.79. The van der Waals surface area contributed by atoms with E-state index in [1.165, 1.54) is 38.6 Å². The van der Waals surface area contributed by atoms with Crippen LogP contribution < -0.4 is 5.32 Å². The second kappa shape index (κ2) is 12.8. The summed E-state index contributed by atoms with van der Waals surface area (Å²) in [6.07, 6.45) is 4.19. The number of hydrogen-bond donors (Lipinski definition) is 1. The highest BCUT2D eigenvalue weighted by Gasteiger charge is 2.20. The second-order valence-corrected chi connectivity index (χ2v) is 12.8. The van der Waals surface area contributed by atoms with Crippen molar-refractivity contribution in [2.24, 2.45) is 4.99 Å². The van der Waals surface area contributed by atoms with E-state index in [2.05, 4.69) is 180 Å². The Balaban J connectivity index is 1.05. The van der Waals surface area contributed by atoms with Crippen LogP contribution in [-0.4, -0.2) is 10.8 Å². The quantitative estimate of drug-likeness (QED) is 0.197. The Morgan fingerprint density at radius 1 is 0.400 bits per heavy atom. The van der Waals surface area contributed by atoms with Crippen LogP contribution in [0.5, 0.6) is 0 Å². The van der Waals surface area contributed by atoms with E-state index in [0.29, 0.717) is 0 Å². The molecular weight excluding hydrogens is 607 g/mol. The van der Waals surface area contributed by atoms with Crippen molar-refractivity contribution in [3.8, 4) is 33.4 Å². The molecule has 3 heteroatoms. The number of hydrogen-bond acceptors (Lipinski definition) is 3. The molecule has 1 N–H and O–H groups in total. The van der Waals surface area contributed by atoms with Gasteiger partial charge in [-0.25, -0.2) is 4.99 Å². The maximum atomic E-state index is 5.20. The normalized spacial score (nSPS) is 14.2. The number of nitrogens with zero attached hydrogens (tertiary/aromatic N) is 2. The van der Waals surface area contributed by atoms with Crippen LogP contribution in [0.3, 0.4) is 0 Å². The zero-order valence-corrected chi connectivity index (χ0v) is 27.4. The molecule has 1 atom stereocenters. The standard InChI is InChI=1S/C47H33N3/c1-2-8-32(9-3-1)34-14-21-37(22-15-34)45-30-46(38-23-16-36(17-24-38)43-29-42-12-6-7-13-44(42)48-31-43)50-47(49-45)39-25-18-35(19-26-39)41-27-20-33-10-4-5-11-40(33)28-41/h1-31,45H,(H,49,50). The summed E-state index contributed by atoms with van der Waals surface area (Å²) < 4.78 is 0. The van der Waals surface area contributed by atoms with E-state index >= 15 is 0 Å². The molecule has 0 spiro atoms. The lowest BCUT2D eigenvalue weighted by Crippen LogP contribution is -2.31. The van der Waals surface area contributed by atoms with Crippen molar-refractivity contribution in [1.82, 2.24) is 10.3 Å². The van der Waals surface area contributed by atoms with E-state index in [1.54, 1.807) is 0 Å². The van der Waals surface area contributed by atoms with Gasteiger partial charge in [-0.05, 0) is 74.0 Å². The second-order valence-electron chi connectivity index (χ2n) is 12.8. The summed E-state index contributed by atoms with van der Waals surface area (Å²) in [5.41, 5.74) is 12.3. The smallest absolute Gasteiger partial charge is 0.134 e. The molecule has 236 valence electrons. The van der Waals surface area contributed by atoms with Gasteiger partial charge in [-0.1, -0.05) is 158 Å². The number of rotatable bonds is 6. The third-order valence-corrected chi connectivity index (χ3v) is 9.57. The molecule has 2 heterocycles. The van der Waals surface area contributed by atoms with Crippen LogP contribution in [0, 0.1) is 0 Å². The van der Waals surface area contributed by atoms with Crippen molar-refractivity contribution >= 4 is 33.2 Å². The van der Waals surface area contributed by atoms with Crippen LogP contribution in [-0.2, 0) is 0 Å². The van der Waals surface area contributed by atoms with E-state index in [4.69, 9.17) is 4.99 Å². The minimum absolute atomic E-state index is 0.0492. The van der Waals surface area contributed by atoms with Gasteiger partial charge in [0.15, 0.2) is 0 Å². The molecule has 1 aromatic heterocycles. The van der Waals surface area contributed by atoms with Crippen molar-refractivity contribution in [2.75, 3.05) is 0 Å². The third kappa shape index (κ3) is 5.86. The number of amidine groups is 1. The molecule has 0 aliphatic carbocycles. The van der Waals surface area contributed by atoms with Crippen LogP contribution in [0.25, 0.3) is 60.8 Å². The summed E-state index contributed by atoms with van der Waals surface area (Å²) in [6.45, 7) is 0. The summed E-state index contributed by atoms with van der Waals surface area (Å²) in [5, 5.41) is 7.37. The third-order valence-electron chi connectivity index (χ3n) is 9.57. The number of fused-ring (bicyclic) bond motifs is 2. The van der Waals surface area contributed by atoms with E-state index in [0.717, 1.165) is 44.7 Å². The topological polar surface area (TPSA) is 37.3 Å². The highest BCUT2D eigenvalue weighted by molar-refractivity contribution is 6.04. The van der Waals surface area contributed by atoms with E-state index in [-0.39, 0.29) is 6.04 Å². The molecule has 1 aliphatic rings. The fraction of sp³-hybridized carbons (Fsp3) is 0.0213. The van der Waals surface area contributed by atoms with Crippen molar-refractivity contribution in [3.63, 3.8) is 0 Å². The number of pyridine rings is 1. The largest absolute Gasteiger partial charge is 0.359 e. The minimum Gasteiger partial charge on any atom is -0.359 e. The molecule has 1 aliphatic heterocycles. The number of aliphatic imine (C=N–C) groups is 1. The van der Waals surface area contributed by atoms with Crippen molar-refractivity contribution in [3.05, 3.63) is 205 Å². The van der Waals surface area contributed by atoms with Gasteiger partial charge in [0.05, 0.1) is 17.3 Å².